The summed E-state index contributed by atoms with van der Waals surface area (Å²) in [4.78, 5) is 19.8. The molecule has 1 fully saturated rings. The molecule has 0 unspecified atom stereocenters. The molecule has 1 aliphatic rings. The van der Waals surface area contributed by atoms with Crippen LogP contribution in [-0.4, -0.2) is 30.1 Å². The summed E-state index contributed by atoms with van der Waals surface area (Å²) in [6.45, 7) is 2.34. The molecule has 1 amide bonds. The Hall–Kier alpha value is -4.02. The molecule has 0 atom stereocenters. The monoisotopic (exact) mass is 483 g/mol. The van der Waals surface area contributed by atoms with E-state index in [-0.39, 0.29) is 12.5 Å². The van der Waals surface area contributed by atoms with Crippen LogP contribution in [0.5, 0.6) is 11.5 Å². The maximum Gasteiger partial charge on any atom is 0.266 e. The van der Waals surface area contributed by atoms with E-state index in [2.05, 4.69) is 13.0 Å². The number of methoxy groups -OCH3 is 1. The first kappa shape index (κ1) is 24.1. The molecule has 1 aliphatic heterocycles. The van der Waals surface area contributed by atoms with E-state index in [9.17, 15) is 10.1 Å². The first-order valence-electron chi connectivity index (χ1n) is 11.2. The van der Waals surface area contributed by atoms with E-state index in [4.69, 9.17) is 14.5 Å². The predicted octanol–water partition coefficient (Wildman–Crippen LogP) is 5.94. The molecular weight excluding hydrogens is 458 g/mol. The number of likely N-dealkylation sites (N-methyl/N-ethyl adjacent to an activating group) is 1. The third-order valence-electron chi connectivity index (χ3n) is 5.60. The maximum atomic E-state index is 12.9. The second kappa shape index (κ2) is 10.9. The van der Waals surface area contributed by atoms with Crippen molar-refractivity contribution >= 4 is 34.6 Å². The van der Waals surface area contributed by atoms with Crippen molar-refractivity contribution in [1.82, 2.24) is 4.90 Å². The first-order chi connectivity index (χ1) is 17.0. The summed E-state index contributed by atoms with van der Waals surface area (Å²) in [5.41, 5.74) is 4.20. The zero-order valence-electron chi connectivity index (χ0n) is 19.8. The number of carbonyl (C=O) groups is 1. The molecule has 3 aromatic rings. The van der Waals surface area contributed by atoms with Crippen molar-refractivity contribution in [1.29, 1.82) is 5.26 Å². The lowest BCUT2D eigenvalue weighted by atomic mass is 10.1. The number of hydrogen-bond acceptors (Lipinski definition) is 6. The SMILES string of the molecule is CCc1ccccc1N=C1S/C(=C/c2ccc(OCc3ccccc3C#N)c(OC)c2)C(=O)N1C. The summed E-state index contributed by atoms with van der Waals surface area (Å²) < 4.78 is 11.5. The molecule has 3 aromatic carbocycles. The normalized spacial score (nSPS) is 15.5. The van der Waals surface area contributed by atoms with Crippen molar-refractivity contribution in [3.63, 3.8) is 0 Å². The van der Waals surface area contributed by atoms with E-state index >= 15 is 0 Å². The summed E-state index contributed by atoms with van der Waals surface area (Å²) in [5.74, 6) is 1.00. The fraction of sp³-hybridized carbons (Fsp3) is 0.179. The zero-order chi connectivity index (χ0) is 24.8. The van der Waals surface area contributed by atoms with E-state index in [1.807, 2.05) is 60.7 Å². The van der Waals surface area contributed by atoms with Gasteiger partial charge in [-0.2, -0.15) is 5.26 Å². The fourth-order valence-electron chi connectivity index (χ4n) is 3.63. The number of hydrogen-bond donors (Lipinski definition) is 0. The summed E-state index contributed by atoms with van der Waals surface area (Å²) >= 11 is 1.35. The number of nitriles is 1. The summed E-state index contributed by atoms with van der Waals surface area (Å²) in [6, 6.07) is 23.0. The van der Waals surface area contributed by atoms with Crippen molar-refractivity contribution in [2.75, 3.05) is 14.2 Å². The minimum atomic E-state index is -0.102. The average Bonchev–Trinajstić information content (AvgIpc) is 3.15. The molecule has 0 aliphatic carbocycles. The molecule has 7 heteroatoms. The van der Waals surface area contributed by atoms with Gasteiger partial charge in [-0.1, -0.05) is 49.4 Å². The van der Waals surface area contributed by atoms with Gasteiger partial charge in [0.25, 0.3) is 5.91 Å². The second-order valence-corrected chi connectivity index (χ2v) is 8.83. The number of amides is 1. The number of ether oxygens (including phenoxy) is 2. The topological polar surface area (TPSA) is 74.9 Å². The Kier molecular flexibility index (Phi) is 7.54. The first-order valence-corrected chi connectivity index (χ1v) is 12.0. The second-order valence-electron chi connectivity index (χ2n) is 7.82. The number of para-hydroxylation sites is 1. The van der Waals surface area contributed by atoms with Gasteiger partial charge >= 0.3 is 0 Å². The molecule has 0 bridgehead atoms. The third kappa shape index (κ3) is 5.39. The lowest BCUT2D eigenvalue weighted by Gasteiger charge is -2.12. The fourth-order valence-corrected chi connectivity index (χ4v) is 4.61. The van der Waals surface area contributed by atoms with Gasteiger partial charge in [0.15, 0.2) is 16.7 Å². The summed E-state index contributed by atoms with van der Waals surface area (Å²) in [7, 11) is 3.31. The lowest BCUT2D eigenvalue weighted by molar-refractivity contribution is -0.121. The van der Waals surface area contributed by atoms with Crippen LogP contribution in [0, 0.1) is 11.3 Å². The molecule has 1 saturated heterocycles. The number of amidine groups is 1. The number of aryl methyl sites for hydroxylation is 1. The van der Waals surface area contributed by atoms with Gasteiger partial charge < -0.3 is 9.47 Å². The Balaban J connectivity index is 1.55. The van der Waals surface area contributed by atoms with Crippen LogP contribution in [0.15, 0.2) is 76.6 Å². The van der Waals surface area contributed by atoms with Crippen LogP contribution < -0.4 is 9.47 Å². The minimum Gasteiger partial charge on any atom is -0.493 e. The van der Waals surface area contributed by atoms with E-state index in [1.54, 1.807) is 31.2 Å². The van der Waals surface area contributed by atoms with Crippen molar-refractivity contribution in [2.45, 2.75) is 20.0 Å². The molecule has 35 heavy (non-hydrogen) atoms. The van der Waals surface area contributed by atoms with Crippen molar-refractivity contribution in [2.24, 2.45) is 4.99 Å². The molecule has 0 spiro atoms. The van der Waals surface area contributed by atoms with Crippen LogP contribution in [0.4, 0.5) is 5.69 Å². The Bertz CT molecular complexity index is 1360. The molecule has 0 N–H and O–H groups in total. The van der Waals surface area contributed by atoms with Crippen molar-refractivity contribution in [3.05, 3.63) is 93.9 Å². The Morgan fingerprint density at radius 2 is 1.80 bits per heavy atom. The number of nitrogens with zero attached hydrogens (tertiary/aromatic N) is 3. The minimum absolute atomic E-state index is 0.102. The van der Waals surface area contributed by atoms with Gasteiger partial charge in [0, 0.05) is 12.6 Å². The van der Waals surface area contributed by atoms with Crippen LogP contribution in [0.3, 0.4) is 0 Å². The largest absolute Gasteiger partial charge is 0.493 e. The number of thioether (sulfide) groups is 1. The van der Waals surface area contributed by atoms with Gasteiger partial charge in [-0.05, 0) is 59.7 Å². The van der Waals surface area contributed by atoms with Gasteiger partial charge in [-0.3, -0.25) is 9.69 Å². The molecule has 6 nitrogen and oxygen atoms in total. The number of aliphatic imine (C=N–C) groups is 1. The Labute approximate surface area is 209 Å². The van der Waals surface area contributed by atoms with Crippen molar-refractivity contribution in [3.8, 4) is 17.6 Å². The molecule has 176 valence electrons. The number of rotatable bonds is 7. The van der Waals surface area contributed by atoms with Crippen LogP contribution in [0.2, 0.25) is 0 Å². The molecule has 4 rings (SSSR count). The number of benzene rings is 3. The lowest BCUT2D eigenvalue weighted by Crippen LogP contribution is -2.23. The van der Waals surface area contributed by atoms with Crippen molar-refractivity contribution < 1.29 is 14.3 Å². The van der Waals surface area contributed by atoms with Gasteiger partial charge in [0.2, 0.25) is 0 Å². The van der Waals surface area contributed by atoms with Gasteiger partial charge in [0.05, 0.1) is 29.3 Å². The zero-order valence-corrected chi connectivity index (χ0v) is 20.6. The smallest absolute Gasteiger partial charge is 0.266 e. The molecule has 1 heterocycles. The molecular formula is C28H25N3O3S. The van der Waals surface area contributed by atoms with Crippen LogP contribution in [0.1, 0.15) is 29.2 Å². The molecule has 0 saturated carbocycles. The predicted molar refractivity (Wildman–Crippen MR) is 140 cm³/mol. The van der Waals surface area contributed by atoms with E-state index in [0.717, 1.165) is 28.8 Å². The summed E-state index contributed by atoms with van der Waals surface area (Å²) in [6.07, 6.45) is 2.70. The summed E-state index contributed by atoms with van der Waals surface area (Å²) in [5, 5.41) is 9.92. The quantitative estimate of drug-likeness (QED) is 0.389. The highest BCUT2D eigenvalue weighted by Gasteiger charge is 2.30. The van der Waals surface area contributed by atoms with Crippen LogP contribution in [-0.2, 0) is 17.8 Å². The standard InChI is InChI=1S/C28H25N3O3S/c1-4-20-9-7-8-12-23(20)30-28-31(2)27(32)26(35-28)16-19-13-14-24(25(15-19)33-3)34-18-22-11-6-5-10-21(22)17-29/h5-16H,4,18H2,1-3H3/b26-16+,30-28?. The third-order valence-corrected chi connectivity index (χ3v) is 6.66. The van der Waals surface area contributed by atoms with Gasteiger partial charge in [-0.25, -0.2) is 4.99 Å². The highest BCUT2D eigenvalue weighted by atomic mass is 32.2. The number of carbonyl (C=O) groups excluding carboxylic acids is 1. The van der Waals surface area contributed by atoms with Crippen LogP contribution in [0.25, 0.3) is 6.08 Å². The molecule has 0 radical (unpaired) electrons. The van der Waals surface area contributed by atoms with E-state index in [0.29, 0.717) is 27.1 Å². The molecule has 0 aromatic heterocycles. The van der Waals surface area contributed by atoms with Gasteiger partial charge in [-0.15, -0.1) is 0 Å². The van der Waals surface area contributed by atoms with E-state index < -0.39 is 0 Å². The van der Waals surface area contributed by atoms with Gasteiger partial charge in [0.1, 0.15) is 6.61 Å². The van der Waals surface area contributed by atoms with Crippen LogP contribution >= 0.6 is 11.8 Å². The average molecular weight is 484 g/mol. The highest BCUT2D eigenvalue weighted by molar-refractivity contribution is 8.18. The Morgan fingerprint density at radius 1 is 1.06 bits per heavy atom. The Morgan fingerprint density at radius 3 is 2.54 bits per heavy atom. The van der Waals surface area contributed by atoms with E-state index in [1.165, 1.54) is 11.8 Å². The highest BCUT2D eigenvalue weighted by Crippen LogP contribution is 2.36. The maximum absolute atomic E-state index is 12.9.